The molecule has 2 atom stereocenters. The Labute approximate surface area is 141 Å². The van der Waals surface area contributed by atoms with Gasteiger partial charge in [-0.15, -0.1) is 0 Å². The summed E-state index contributed by atoms with van der Waals surface area (Å²) in [6, 6.07) is 1.74. The number of carbonyl (C=O) groups excluding carboxylic acids is 2. The second kappa shape index (κ2) is 6.93. The zero-order valence-corrected chi connectivity index (χ0v) is 14.2. The van der Waals surface area contributed by atoms with Crippen LogP contribution >= 0.6 is 0 Å². The van der Waals surface area contributed by atoms with E-state index in [1.807, 2.05) is 6.92 Å². The second-order valence-electron chi connectivity index (χ2n) is 6.99. The molecule has 0 bridgehead atoms. The van der Waals surface area contributed by atoms with Gasteiger partial charge in [0, 0.05) is 31.1 Å². The number of piperidine rings is 1. The first-order chi connectivity index (χ1) is 11.5. The highest BCUT2D eigenvalue weighted by atomic mass is 16.5. The number of nitrogens with one attached hydrogen (secondary N) is 1. The molecule has 7 heteroatoms. The molecule has 0 aromatic carbocycles. The number of aliphatic hydroxyl groups excluding tert-OH is 1. The van der Waals surface area contributed by atoms with Gasteiger partial charge < -0.3 is 19.8 Å². The van der Waals surface area contributed by atoms with Crippen molar-refractivity contribution < 1.29 is 19.2 Å². The molecule has 3 rings (SSSR count). The van der Waals surface area contributed by atoms with Crippen molar-refractivity contribution in [2.45, 2.75) is 57.6 Å². The summed E-state index contributed by atoms with van der Waals surface area (Å²) in [5.74, 6) is 1.12. The normalized spacial score (nSPS) is 21.4. The average Bonchev–Trinajstić information content (AvgIpc) is 3.31. The van der Waals surface area contributed by atoms with Crippen LogP contribution in [0, 0.1) is 5.92 Å². The van der Waals surface area contributed by atoms with Crippen molar-refractivity contribution in [3.05, 3.63) is 17.5 Å². The molecule has 2 heterocycles. The van der Waals surface area contributed by atoms with Crippen molar-refractivity contribution in [2.24, 2.45) is 5.92 Å². The first kappa shape index (κ1) is 17.0. The lowest BCUT2D eigenvalue weighted by atomic mass is 9.90. The summed E-state index contributed by atoms with van der Waals surface area (Å²) in [5.41, 5.74) is 0.338. The molecule has 1 aromatic rings. The van der Waals surface area contributed by atoms with Crippen LogP contribution in [-0.4, -0.2) is 52.2 Å². The van der Waals surface area contributed by atoms with E-state index in [4.69, 9.17) is 4.52 Å². The first-order valence-corrected chi connectivity index (χ1v) is 8.70. The smallest absolute Gasteiger partial charge is 0.273 e. The van der Waals surface area contributed by atoms with E-state index in [-0.39, 0.29) is 17.9 Å². The summed E-state index contributed by atoms with van der Waals surface area (Å²) < 4.78 is 5.22. The molecule has 2 amide bonds. The molecule has 1 aliphatic carbocycles. The molecule has 24 heavy (non-hydrogen) atoms. The predicted molar refractivity (Wildman–Crippen MR) is 86.4 cm³/mol. The zero-order valence-electron chi connectivity index (χ0n) is 14.2. The molecular weight excluding hydrogens is 310 g/mol. The molecule has 1 saturated carbocycles. The van der Waals surface area contributed by atoms with E-state index < -0.39 is 6.10 Å². The summed E-state index contributed by atoms with van der Waals surface area (Å²) in [4.78, 5) is 25.8. The third-order valence-corrected chi connectivity index (χ3v) is 5.02. The topological polar surface area (TPSA) is 95.7 Å². The quantitative estimate of drug-likeness (QED) is 0.845. The molecule has 1 aromatic heterocycles. The predicted octanol–water partition coefficient (Wildman–Crippen LogP) is 1.29. The zero-order chi connectivity index (χ0) is 17.3. The van der Waals surface area contributed by atoms with Crippen LogP contribution in [0.3, 0.4) is 0 Å². The number of aliphatic hydroxyl groups is 1. The summed E-state index contributed by atoms with van der Waals surface area (Å²) in [6.07, 6.45) is 2.89. The molecule has 0 radical (unpaired) electrons. The van der Waals surface area contributed by atoms with Crippen LogP contribution in [0.4, 0.5) is 0 Å². The monoisotopic (exact) mass is 335 g/mol. The van der Waals surface area contributed by atoms with E-state index in [0.29, 0.717) is 30.6 Å². The van der Waals surface area contributed by atoms with E-state index >= 15 is 0 Å². The summed E-state index contributed by atoms with van der Waals surface area (Å²) in [7, 11) is 0. The number of hydrogen-bond acceptors (Lipinski definition) is 5. The molecule has 2 aliphatic rings. The summed E-state index contributed by atoms with van der Waals surface area (Å²) >= 11 is 0. The van der Waals surface area contributed by atoms with Crippen molar-refractivity contribution in [1.82, 2.24) is 15.4 Å². The van der Waals surface area contributed by atoms with Crippen LogP contribution < -0.4 is 5.32 Å². The Balaban J connectivity index is 1.49. The van der Waals surface area contributed by atoms with E-state index in [2.05, 4.69) is 10.5 Å². The van der Waals surface area contributed by atoms with Crippen LogP contribution in [0.5, 0.6) is 0 Å². The van der Waals surface area contributed by atoms with Gasteiger partial charge >= 0.3 is 0 Å². The molecule has 7 nitrogen and oxygen atoms in total. The maximum Gasteiger partial charge on any atom is 0.273 e. The molecule has 1 aliphatic heterocycles. The lowest BCUT2D eigenvalue weighted by Gasteiger charge is -2.35. The van der Waals surface area contributed by atoms with E-state index in [9.17, 15) is 14.7 Å². The third-order valence-electron chi connectivity index (χ3n) is 5.02. The van der Waals surface area contributed by atoms with Crippen molar-refractivity contribution in [2.75, 3.05) is 13.1 Å². The van der Waals surface area contributed by atoms with Gasteiger partial charge in [0.2, 0.25) is 0 Å². The fraction of sp³-hybridized carbons (Fsp3) is 0.706. The van der Waals surface area contributed by atoms with Gasteiger partial charge in [-0.25, -0.2) is 0 Å². The average molecular weight is 335 g/mol. The van der Waals surface area contributed by atoms with E-state index in [1.165, 1.54) is 6.92 Å². The van der Waals surface area contributed by atoms with Crippen LogP contribution in [0.1, 0.15) is 61.7 Å². The Hall–Kier alpha value is -1.89. The van der Waals surface area contributed by atoms with Gasteiger partial charge in [0.1, 0.15) is 11.9 Å². The lowest BCUT2D eigenvalue weighted by molar-refractivity contribution is -0.140. The Morgan fingerprint density at radius 1 is 1.29 bits per heavy atom. The Kier molecular flexibility index (Phi) is 4.89. The highest BCUT2D eigenvalue weighted by Gasteiger charge is 2.31. The minimum Gasteiger partial charge on any atom is -0.384 e. The maximum absolute atomic E-state index is 12.3. The molecule has 1 saturated heterocycles. The van der Waals surface area contributed by atoms with Gasteiger partial charge in [0.25, 0.3) is 11.8 Å². The van der Waals surface area contributed by atoms with Gasteiger partial charge in [0.15, 0.2) is 5.69 Å². The summed E-state index contributed by atoms with van der Waals surface area (Å²) in [6.45, 7) is 4.70. The molecule has 2 fully saturated rings. The number of carbonyl (C=O) groups is 2. The Morgan fingerprint density at radius 2 is 1.96 bits per heavy atom. The number of nitrogens with zero attached hydrogens (tertiary/aromatic N) is 2. The van der Waals surface area contributed by atoms with Gasteiger partial charge in [-0.2, -0.15) is 0 Å². The maximum atomic E-state index is 12.3. The molecule has 1 unspecified atom stereocenters. The number of rotatable bonds is 5. The first-order valence-electron chi connectivity index (χ1n) is 8.70. The SMILES string of the molecule is CC(NC(=O)c1cc(C2CC2)on1)C1CCN(C(=O)[C@H](C)O)CC1. The number of hydrogen-bond donors (Lipinski definition) is 2. The highest BCUT2D eigenvalue weighted by Crippen LogP contribution is 2.40. The van der Waals surface area contributed by atoms with Crippen molar-refractivity contribution in [3.63, 3.8) is 0 Å². The number of aromatic nitrogens is 1. The van der Waals surface area contributed by atoms with Crippen LogP contribution in [0.2, 0.25) is 0 Å². The van der Waals surface area contributed by atoms with Crippen LogP contribution in [-0.2, 0) is 4.79 Å². The third kappa shape index (κ3) is 3.77. The van der Waals surface area contributed by atoms with Crippen molar-refractivity contribution in [3.8, 4) is 0 Å². The molecular formula is C17H25N3O4. The minimum absolute atomic E-state index is 0.00220. The van der Waals surface area contributed by atoms with Crippen molar-refractivity contribution in [1.29, 1.82) is 0 Å². The standard InChI is InChI=1S/C17H25N3O4/c1-10(12-5-7-20(8-6-12)17(23)11(2)21)18-16(22)14-9-15(24-19-14)13-3-4-13/h9-13,21H,3-8H2,1-2H3,(H,18,22)/t10?,11-/m0/s1. The lowest BCUT2D eigenvalue weighted by Crippen LogP contribution is -2.47. The summed E-state index contributed by atoms with van der Waals surface area (Å²) in [5, 5.41) is 16.2. The molecule has 132 valence electrons. The van der Waals surface area contributed by atoms with E-state index in [0.717, 1.165) is 31.4 Å². The van der Waals surface area contributed by atoms with Gasteiger partial charge in [-0.1, -0.05) is 5.16 Å². The van der Waals surface area contributed by atoms with Gasteiger partial charge in [0.05, 0.1) is 0 Å². The number of amides is 2. The second-order valence-corrected chi connectivity index (χ2v) is 6.99. The molecule has 2 N–H and O–H groups in total. The van der Waals surface area contributed by atoms with Gasteiger partial charge in [-0.05, 0) is 45.4 Å². The Morgan fingerprint density at radius 3 is 2.54 bits per heavy atom. The van der Waals surface area contributed by atoms with Gasteiger partial charge in [-0.3, -0.25) is 9.59 Å². The fourth-order valence-corrected chi connectivity index (χ4v) is 3.24. The van der Waals surface area contributed by atoms with Crippen LogP contribution in [0.25, 0.3) is 0 Å². The molecule has 0 spiro atoms. The largest absolute Gasteiger partial charge is 0.384 e. The van der Waals surface area contributed by atoms with E-state index in [1.54, 1.807) is 11.0 Å². The Bertz CT molecular complexity index is 601. The highest BCUT2D eigenvalue weighted by molar-refractivity contribution is 5.92. The minimum atomic E-state index is -0.952. The fourth-order valence-electron chi connectivity index (χ4n) is 3.24. The number of likely N-dealkylation sites (tertiary alicyclic amines) is 1. The van der Waals surface area contributed by atoms with Crippen LogP contribution in [0.15, 0.2) is 10.6 Å². The van der Waals surface area contributed by atoms with Crippen molar-refractivity contribution >= 4 is 11.8 Å².